The number of thioether (sulfide) groups is 1. The van der Waals surface area contributed by atoms with E-state index in [4.69, 9.17) is 23.9 Å². The van der Waals surface area contributed by atoms with Gasteiger partial charge in [-0.2, -0.15) is 31.8 Å². The number of thiazole rings is 2. The third kappa shape index (κ3) is 11.7. The first-order chi connectivity index (χ1) is 34.5. The van der Waals surface area contributed by atoms with Crippen LogP contribution in [-0.2, 0) is 20.2 Å². The van der Waals surface area contributed by atoms with Crippen LogP contribution in [0.4, 0.5) is 56.3 Å². The molecular formula is C43H49N13O11S5. The van der Waals surface area contributed by atoms with E-state index in [-0.39, 0.29) is 83.0 Å². The van der Waals surface area contributed by atoms with Crippen molar-refractivity contribution in [3.8, 4) is 23.0 Å². The SMILES string of the molecule is CCN(CC)c1cc(Nc2nc(Nc3cc(N(CC)CC)c(OC)cc3/N=N/c3nc4ccc(OC)c(S(=O)(=O)O)c4s3)nc(SCCO)n2)c(/N=N/c2nc3ccc(OC)c(S(=O)(=O)O)c3s2)cc1OC. The number of hydrogen-bond donors (Lipinski definition) is 5. The lowest BCUT2D eigenvalue weighted by molar-refractivity contribution is 0.322. The van der Waals surface area contributed by atoms with Crippen molar-refractivity contribution in [1.82, 2.24) is 24.9 Å². The summed E-state index contributed by atoms with van der Waals surface area (Å²) in [7, 11) is -3.81. The van der Waals surface area contributed by atoms with Gasteiger partial charge in [-0.25, -0.2) is 9.97 Å². The molecule has 29 heteroatoms. The van der Waals surface area contributed by atoms with Crippen LogP contribution in [0.15, 0.2) is 83.9 Å². The molecule has 3 aromatic heterocycles. The zero-order valence-corrected chi connectivity index (χ0v) is 44.0. The molecule has 24 nitrogen and oxygen atoms in total. The molecule has 0 unspecified atom stereocenters. The molecule has 0 radical (unpaired) electrons. The first-order valence-corrected chi connectivity index (χ1v) is 27.2. The van der Waals surface area contributed by atoms with Crippen LogP contribution in [0.25, 0.3) is 20.4 Å². The predicted octanol–water partition coefficient (Wildman–Crippen LogP) is 9.71. The van der Waals surface area contributed by atoms with Crippen LogP contribution >= 0.6 is 34.4 Å². The fraction of sp³-hybridized carbons (Fsp3) is 0.326. The van der Waals surface area contributed by atoms with Crippen molar-refractivity contribution in [2.45, 2.75) is 42.6 Å². The quantitative estimate of drug-likeness (QED) is 0.0226. The Hall–Kier alpha value is -6.60. The summed E-state index contributed by atoms with van der Waals surface area (Å²) in [5, 5.41) is 34.6. The Morgan fingerprint density at radius 3 is 1.33 bits per heavy atom. The van der Waals surface area contributed by atoms with Gasteiger partial charge in [0.15, 0.2) is 14.9 Å². The van der Waals surface area contributed by atoms with Crippen molar-refractivity contribution in [1.29, 1.82) is 0 Å². The number of nitrogens with one attached hydrogen (secondary N) is 2. The van der Waals surface area contributed by atoms with Crippen molar-refractivity contribution >= 4 is 131 Å². The smallest absolute Gasteiger partial charge is 0.299 e. The van der Waals surface area contributed by atoms with E-state index in [9.17, 15) is 31.0 Å². The van der Waals surface area contributed by atoms with Gasteiger partial charge in [0.2, 0.25) is 22.2 Å². The third-order valence-corrected chi connectivity index (χ3v) is 15.5. The second-order valence-electron chi connectivity index (χ2n) is 14.7. The van der Waals surface area contributed by atoms with Crippen LogP contribution in [0.3, 0.4) is 0 Å². The standard InChI is InChI=1S/C43H49N13O11S5/c1-9-55(10-2)29-19-25(27(21-33(29)66-7)51-53-42-46-23-13-15-31(64-5)37(35(23)69-42)71(58,59)60)44-39-48-40(50-41(49-39)68-18-17-57)45-26-20-30(56(11-3)12-4)34(67-8)22-28(26)52-54-43-47-24-14-16-32(65-6)38(36(24)70-43)72(61,62)63/h13-16,19-22,57H,9-12,17-18H2,1-8H3,(H,58,59,60)(H,61,62,63)(H2,44,45,48,49,50)/b53-51+,54-52+. The van der Waals surface area contributed by atoms with Gasteiger partial charge in [0.25, 0.3) is 20.2 Å². The minimum absolute atomic E-state index is 0.0464. The van der Waals surface area contributed by atoms with Crippen LogP contribution in [0, 0.1) is 0 Å². The van der Waals surface area contributed by atoms with Crippen LogP contribution in [0.2, 0.25) is 0 Å². The summed E-state index contributed by atoms with van der Waals surface area (Å²) < 4.78 is 92.1. The Balaban J connectivity index is 1.34. The fourth-order valence-corrected chi connectivity index (χ4v) is 11.9. The first kappa shape index (κ1) is 53.2. The summed E-state index contributed by atoms with van der Waals surface area (Å²) in [6.07, 6.45) is 0. The fourth-order valence-electron chi connectivity index (χ4n) is 7.31. The molecule has 72 heavy (non-hydrogen) atoms. The maximum atomic E-state index is 12.4. The molecule has 0 fully saturated rings. The molecule has 5 N–H and O–H groups in total. The number of methoxy groups -OCH3 is 4. The summed E-state index contributed by atoms with van der Waals surface area (Å²) in [6.45, 7) is 10.3. The Morgan fingerprint density at radius 2 is 0.986 bits per heavy atom. The molecule has 0 aliphatic rings. The topological polar surface area (TPSA) is 310 Å². The zero-order chi connectivity index (χ0) is 51.9. The van der Waals surface area contributed by atoms with Crippen LogP contribution in [0.1, 0.15) is 27.7 Å². The van der Waals surface area contributed by atoms with E-state index in [1.165, 1.54) is 52.3 Å². The highest BCUT2D eigenvalue weighted by Gasteiger charge is 2.26. The van der Waals surface area contributed by atoms with Gasteiger partial charge >= 0.3 is 0 Å². The van der Waals surface area contributed by atoms with Crippen molar-refractivity contribution in [2.75, 3.05) is 87.4 Å². The van der Waals surface area contributed by atoms with Gasteiger partial charge in [-0.05, 0) is 64.1 Å². The summed E-state index contributed by atoms with van der Waals surface area (Å²) in [6, 6.07) is 12.8. The second kappa shape index (κ2) is 22.9. The lowest BCUT2D eigenvalue weighted by Crippen LogP contribution is -2.22. The number of benzene rings is 4. The Morgan fingerprint density at radius 1 is 0.583 bits per heavy atom. The number of aliphatic hydroxyl groups excluding tert-OH is 1. The summed E-state index contributed by atoms with van der Waals surface area (Å²) in [5.74, 6) is 1.14. The molecule has 7 aromatic rings. The molecule has 0 saturated heterocycles. The number of rotatable bonds is 23. The molecule has 0 saturated carbocycles. The Bertz CT molecular complexity index is 3190. The van der Waals surface area contributed by atoms with E-state index in [0.717, 1.165) is 22.7 Å². The minimum Gasteiger partial charge on any atom is -0.495 e. The molecular weight excluding hydrogens is 1030 g/mol. The maximum absolute atomic E-state index is 12.4. The summed E-state index contributed by atoms with van der Waals surface area (Å²) in [4.78, 5) is 26.2. The highest BCUT2D eigenvalue weighted by molar-refractivity contribution is 7.99. The number of aliphatic hydroxyl groups is 1. The minimum atomic E-state index is -4.71. The zero-order valence-electron chi connectivity index (χ0n) is 39.9. The van der Waals surface area contributed by atoms with E-state index in [1.54, 1.807) is 36.4 Å². The average Bonchev–Trinajstić information content (AvgIpc) is 3.98. The van der Waals surface area contributed by atoms with Crippen molar-refractivity contribution in [3.05, 3.63) is 48.5 Å². The van der Waals surface area contributed by atoms with Crippen LogP contribution in [0.5, 0.6) is 23.0 Å². The molecule has 382 valence electrons. The lowest BCUT2D eigenvalue weighted by Gasteiger charge is -2.25. The molecule has 0 atom stereocenters. The van der Waals surface area contributed by atoms with Crippen molar-refractivity contribution in [3.63, 3.8) is 0 Å². The van der Waals surface area contributed by atoms with Gasteiger partial charge in [0.05, 0.1) is 78.2 Å². The van der Waals surface area contributed by atoms with Crippen molar-refractivity contribution in [2.24, 2.45) is 20.5 Å². The van der Waals surface area contributed by atoms with Gasteiger partial charge in [0, 0.05) is 44.1 Å². The maximum Gasteiger partial charge on any atom is 0.299 e. The number of nitrogens with zero attached hydrogens (tertiary/aromatic N) is 11. The number of azo groups is 2. The molecule has 0 spiro atoms. The molecule has 4 aromatic carbocycles. The van der Waals surface area contributed by atoms with Gasteiger partial charge in [-0.15, -0.1) is 20.5 Å². The molecule has 0 bridgehead atoms. The molecule has 0 amide bonds. The van der Waals surface area contributed by atoms with E-state index >= 15 is 0 Å². The molecule has 7 rings (SSSR count). The Labute approximate surface area is 426 Å². The number of anilines is 6. The van der Waals surface area contributed by atoms with Crippen molar-refractivity contribution < 1.29 is 50.0 Å². The van der Waals surface area contributed by atoms with E-state index < -0.39 is 30.0 Å². The highest BCUT2D eigenvalue weighted by atomic mass is 32.2. The summed E-state index contributed by atoms with van der Waals surface area (Å²) >= 11 is 2.93. The normalized spacial score (nSPS) is 12.0. The second-order valence-corrected chi connectivity index (χ2v) is 20.5. The Kier molecular flexibility index (Phi) is 16.9. The van der Waals surface area contributed by atoms with Gasteiger partial charge in [-0.3, -0.25) is 9.11 Å². The van der Waals surface area contributed by atoms with Crippen LogP contribution in [-0.4, -0.2) is 123 Å². The number of ether oxygens (including phenoxy) is 4. The predicted molar refractivity (Wildman–Crippen MR) is 278 cm³/mol. The van der Waals surface area contributed by atoms with Gasteiger partial charge in [0.1, 0.15) is 34.4 Å². The van der Waals surface area contributed by atoms with E-state index in [0.29, 0.717) is 60.4 Å². The molecule has 0 aliphatic heterocycles. The monoisotopic (exact) mass is 1080 g/mol. The van der Waals surface area contributed by atoms with Gasteiger partial charge in [-0.1, -0.05) is 34.4 Å². The van der Waals surface area contributed by atoms with E-state index in [1.807, 2.05) is 27.7 Å². The molecule has 3 heterocycles. The number of aromatic nitrogens is 5. The largest absolute Gasteiger partial charge is 0.495 e. The summed E-state index contributed by atoms with van der Waals surface area (Å²) in [5.41, 5.74) is 3.11. The van der Waals surface area contributed by atoms with Gasteiger partial charge < -0.3 is 44.5 Å². The average molecular weight is 1080 g/mol. The third-order valence-electron chi connectivity index (χ3n) is 10.6. The van der Waals surface area contributed by atoms with E-state index in [2.05, 4.69) is 60.8 Å². The van der Waals surface area contributed by atoms with Crippen LogP contribution < -0.4 is 39.4 Å². The lowest BCUT2D eigenvalue weighted by atomic mass is 10.2. The molecule has 0 aliphatic carbocycles. The number of fused-ring (bicyclic) bond motifs is 2. The highest BCUT2D eigenvalue weighted by Crippen LogP contribution is 2.45. The first-order valence-electron chi connectivity index (χ1n) is 21.7. The number of hydrogen-bond acceptors (Lipinski definition) is 25.